The van der Waals surface area contributed by atoms with Gasteiger partial charge in [0.2, 0.25) is 5.91 Å². The molecule has 0 radical (unpaired) electrons. The fourth-order valence-corrected chi connectivity index (χ4v) is 5.23. The molecule has 3 aromatic carbocycles. The van der Waals surface area contributed by atoms with Crippen molar-refractivity contribution >= 4 is 29.1 Å². The van der Waals surface area contributed by atoms with Crippen LogP contribution in [0.5, 0.6) is 17.2 Å². The van der Waals surface area contributed by atoms with E-state index < -0.39 is 5.91 Å². The van der Waals surface area contributed by atoms with Crippen LogP contribution in [0.25, 0.3) is 0 Å². The molecule has 4 rings (SSSR count). The van der Waals surface area contributed by atoms with Crippen molar-refractivity contribution in [1.82, 2.24) is 9.80 Å². The second kappa shape index (κ2) is 15.4. The number of anilines is 2. The summed E-state index contributed by atoms with van der Waals surface area (Å²) < 4.78 is 11.6. The molecule has 1 saturated heterocycles. The first-order valence-corrected chi connectivity index (χ1v) is 15.3. The van der Waals surface area contributed by atoms with Crippen LogP contribution in [0.15, 0.2) is 54.6 Å². The number of hydrogen-bond acceptors (Lipinski definition) is 7. The lowest BCUT2D eigenvalue weighted by atomic mass is 10.1. The highest BCUT2D eigenvalue weighted by atomic mass is 16.5. The molecule has 0 unspecified atom stereocenters. The maximum atomic E-state index is 13.6. The number of piperazine rings is 1. The Morgan fingerprint density at radius 3 is 2.42 bits per heavy atom. The number of methoxy groups -OCH3 is 1. The standard InChI is InChI=1S/C35H44N4O6/c1-24-13-16-29(31(22-24)45-21-8-6-7-12-32(40)39-19-17-37(3)18-20-39)38(4)35(43)26-14-15-28(30(23-26)44-5)36-34(42)27-11-9-10-25(2)33(27)41/h9-11,13-16,22-23,41H,6-8,12,17-21H2,1-5H3,(H,36,42). The number of unbranched alkanes of at least 4 members (excludes halogenated alkanes) is 2. The molecule has 0 spiro atoms. The lowest BCUT2D eigenvalue weighted by Gasteiger charge is -2.32. The van der Waals surface area contributed by atoms with Gasteiger partial charge in [-0.25, -0.2) is 0 Å². The topological polar surface area (TPSA) is 112 Å². The summed E-state index contributed by atoms with van der Waals surface area (Å²) in [4.78, 5) is 44.6. The van der Waals surface area contributed by atoms with Crippen molar-refractivity contribution in [3.8, 4) is 17.2 Å². The number of para-hydroxylation sites is 1. The number of carbonyl (C=O) groups is 3. The maximum absolute atomic E-state index is 13.6. The van der Waals surface area contributed by atoms with Gasteiger partial charge in [-0.15, -0.1) is 0 Å². The molecule has 10 nitrogen and oxygen atoms in total. The largest absolute Gasteiger partial charge is 0.507 e. The van der Waals surface area contributed by atoms with Gasteiger partial charge < -0.3 is 34.6 Å². The number of phenols is 1. The van der Waals surface area contributed by atoms with Crippen LogP contribution in [0.1, 0.15) is 57.5 Å². The van der Waals surface area contributed by atoms with E-state index in [9.17, 15) is 19.5 Å². The van der Waals surface area contributed by atoms with Crippen molar-refractivity contribution < 1.29 is 29.0 Å². The Morgan fingerprint density at radius 1 is 0.933 bits per heavy atom. The van der Waals surface area contributed by atoms with E-state index in [4.69, 9.17) is 9.47 Å². The summed E-state index contributed by atoms with van der Waals surface area (Å²) >= 11 is 0. The number of phenolic OH excluding ortho intramolecular Hbond substituents is 1. The molecule has 240 valence electrons. The van der Waals surface area contributed by atoms with Gasteiger partial charge in [0.15, 0.2) is 0 Å². The molecule has 3 aromatic rings. The molecule has 0 saturated carbocycles. The molecule has 1 aliphatic heterocycles. The SMILES string of the molecule is COc1cc(C(=O)N(C)c2ccc(C)cc2OCCCCCC(=O)N2CCN(C)CC2)ccc1NC(=O)c1cccc(C)c1O. The lowest BCUT2D eigenvalue weighted by molar-refractivity contribution is -0.132. The van der Waals surface area contributed by atoms with Crippen molar-refractivity contribution in [1.29, 1.82) is 0 Å². The van der Waals surface area contributed by atoms with Gasteiger partial charge >= 0.3 is 0 Å². The maximum Gasteiger partial charge on any atom is 0.259 e. The summed E-state index contributed by atoms with van der Waals surface area (Å²) in [6.07, 6.45) is 3.04. The molecule has 3 amide bonds. The van der Waals surface area contributed by atoms with Crippen LogP contribution in [0.2, 0.25) is 0 Å². The van der Waals surface area contributed by atoms with Gasteiger partial charge in [-0.3, -0.25) is 14.4 Å². The van der Waals surface area contributed by atoms with E-state index in [1.54, 1.807) is 44.3 Å². The Bertz CT molecular complexity index is 1520. The first-order chi connectivity index (χ1) is 21.6. The van der Waals surface area contributed by atoms with Crippen molar-refractivity contribution in [2.75, 3.05) is 64.2 Å². The molecule has 1 aliphatic rings. The van der Waals surface area contributed by atoms with Gasteiger partial charge in [0.05, 0.1) is 30.7 Å². The highest BCUT2D eigenvalue weighted by molar-refractivity contribution is 6.09. The second-order valence-electron chi connectivity index (χ2n) is 11.5. The third-order valence-electron chi connectivity index (χ3n) is 8.11. The summed E-state index contributed by atoms with van der Waals surface area (Å²) in [5, 5.41) is 13.1. The molecule has 1 heterocycles. The molecule has 10 heteroatoms. The molecular formula is C35H44N4O6. The van der Waals surface area contributed by atoms with E-state index in [2.05, 4.69) is 17.3 Å². The number of nitrogens with one attached hydrogen (secondary N) is 1. The average molecular weight is 617 g/mol. The molecule has 0 aliphatic carbocycles. The van der Waals surface area contributed by atoms with Gasteiger partial charge in [0, 0.05) is 45.2 Å². The van der Waals surface area contributed by atoms with Crippen molar-refractivity contribution in [3.63, 3.8) is 0 Å². The van der Waals surface area contributed by atoms with Gasteiger partial charge in [-0.05, 0) is 87.7 Å². The Morgan fingerprint density at radius 2 is 1.69 bits per heavy atom. The van der Waals surface area contributed by atoms with Crippen LogP contribution in [0.4, 0.5) is 11.4 Å². The number of carbonyl (C=O) groups excluding carboxylic acids is 3. The van der Waals surface area contributed by atoms with Crippen LogP contribution in [0.3, 0.4) is 0 Å². The van der Waals surface area contributed by atoms with Crippen LogP contribution >= 0.6 is 0 Å². The number of rotatable bonds is 12. The van der Waals surface area contributed by atoms with E-state index in [1.165, 1.54) is 18.1 Å². The van der Waals surface area contributed by atoms with Crippen LogP contribution in [-0.2, 0) is 4.79 Å². The van der Waals surface area contributed by atoms with Gasteiger partial charge in [-0.2, -0.15) is 0 Å². The van der Waals surface area contributed by atoms with E-state index >= 15 is 0 Å². The first-order valence-electron chi connectivity index (χ1n) is 15.3. The minimum atomic E-state index is -0.492. The molecule has 2 N–H and O–H groups in total. The molecule has 0 bridgehead atoms. The summed E-state index contributed by atoms with van der Waals surface area (Å²) in [6, 6.07) is 15.4. The third kappa shape index (κ3) is 8.54. The highest BCUT2D eigenvalue weighted by Gasteiger charge is 2.21. The third-order valence-corrected chi connectivity index (χ3v) is 8.11. The minimum Gasteiger partial charge on any atom is -0.507 e. The van der Waals surface area contributed by atoms with Crippen molar-refractivity contribution in [3.05, 3.63) is 76.9 Å². The van der Waals surface area contributed by atoms with Crippen molar-refractivity contribution in [2.45, 2.75) is 39.5 Å². The second-order valence-corrected chi connectivity index (χ2v) is 11.5. The van der Waals surface area contributed by atoms with Gasteiger partial charge in [0.25, 0.3) is 11.8 Å². The summed E-state index contributed by atoms with van der Waals surface area (Å²) in [6.45, 7) is 7.60. The van der Waals surface area contributed by atoms with E-state index in [-0.39, 0.29) is 23.1 Å². The van der Waals surface area contributed by atoms with Crippen LogP contribution in [0, 0.1) is 13.8 Å². The monoisotopic (exact) mass is 616 g/mol. The Kier molecular flexibility index (Phi) is 11.4. The average Bonchev–Trinajstić information content (AvgIpc) is 3.03. The number of benzene rings is 3. The number of ether oxygens (including phenoxy) is 2. The smallest absolute Gasteiger partial charge is 0.259 e. The number of aryl methyl sites for hydroxylation is 2. The number of nitrogens with zero attached hydrogens (tertiary/aromatic N) is 3. The lowest BCUT2D eigenvalue weighted by Crippen LogP contribution is -2.47. The predicted molar refractivity (Wildman–Crippen MR) is 176 cm³/mol. The Labute approximate surface area is 265 Å². The number of hydrogen-bond donors (Lipinski definition) is 2. The number of amides is 3. The van der Waals surface area contributed by atoms with E-state index in [0.29, 0.717) is 47.0 Å². The zero-order valence-corrected chi connectivity index (χ0v) is 26.9. The molecule has 45 heavy (non-hydrogen) atoms. The van der Waals surface area contributed by atoms with E-state index in [1.807, 2.05) is 30.0 Å². The van der Waals surface area contributed by atoms with Gasteiger partial charge in [0.1, 0.15) is 17.2 Å². The quantitative estimate of drug-likeness (QED) is 0.267. The summed E-state index contributed by atoms with van der Waals surface area (Å²) in [7, 11) is 5.22. The highest BCUT2D eigenvalue weighted by Crippen LogP contribution is 2.32. The molecule has 0 aromatic heterocycles. The fraction of sp³-hybridized carbons (Fsp3) is 0.400. The number of aromatic hydroxyl groups is 1. The zero-order valence-electron chi connectivity index (χ0n) is 26.9. The minimum absolute atomic E-state index is 0.0881. The first kappa shape index (κ1) is 33.3. The van der Waals surface area contributed by atoms with Crippen LogP contribution < -0.4 is 19.7 Å². The molecule has 1 fully saturated rings. The predicted octanol–water partition coefficient (Wildman–Crippen LogP) is 5.26. The van der Waals surface area contributed by atoms with E-state index in [0.717, 1.165) is 51.0 Å². The van der Waals surface area contributed by atoms with Crippen molar-refractivity contribution in [2.24, 2.45) is 0 Å². The Hall–Kier alpha value is -4.57. The summed E-state index contributed by atoms with van der Waals surface area (Å²) in [5.74, 6) is 0.277. The fourth-order valence-electron chi connectivity index (χ4n) is 5.23. The molecule has 0 atom stereocenters. The normalized spacial score (nSPS) is 13.3. The van der Waals surface area contributed by atoms with Gasteiger partial charge in [-0.1, -0.05) is 18.2 Å². The number of likely N-dealkylation sites (N-methyl/N-ethyl adjacent to an activating group) is 1. The Balaban J connectivity index is 1.35. The molecular weight excluding hydrogens is 572 g/mol. The zero-order chi connectivity index (χ0) is 32.5. The summed E-state index contributed by atoms with van der Waals surface area (Å²) in [5.41, 5.74) is 3.10. The van der Waals surface area contributed by atoms with Crippen LogP contribution in [-0.4, -0.2) is 86.6 Å².